The third-order valence-electron chi connectivity index (χ3n) is 3.23. The van der Waals surface area contributed by atoms with Gasteiger partial charge in [0.15, 0.2) is 0 Å². The number of hydrogen-bond donors (Lipinski definition) is 1. The van der Waals surface area contributed by atoms with Crippen LogP contribution in [0.25, 0.3) is 0 Å². The Bertz CT molecular complexity index is 426. The highest BCUT2D eigenvalue weighted by molar-refractivity contribution is 9.11. The van der Waals surface area contributed by atoms with Crippen molar-refractivity contribution in [3.63, 3.8) is 0 Å². The molecule has 1 aromatic rings. The Morgan fingerprint density at radius 3 is 2.33 bits per heavy atom. The zero-order chi connectivity index (χ0) is 13.1. The van der Waals surface area contributed by atoms with Crippen molar-refractivity contribution in [1.29, 1.82) is 0 Å². The van der Waals surface area contributed by atoms with Gasteiger partial charge < -0.3 is 10.0 Å². The molecule has 0 atom stereocenters. The van der Waals surface area contributed by atoms with Crippen LogP contribution in [0.4, 0.5) is 0 Å². The van der Waals surface area contributed by atoms with Crippen LogP contribution in [-0.2, 0) is 0 Å². The third-order valence-corrected chi connectivity index (χ3v) is 4.14. The largest absolute Gasteiger partial charge is 0.395 e. The maximum absolute atomic E-state index is 12.4. The Morgan fingerprint density at radius 1 is 1.28 bits per heavy atom. The van der Waals surface area contributed by atoms with E-state index in [4.69, 9.17) is 5.11 Å². The molecule has 1 aliphatic carbocycles. The van der Waals surface area contributed by atoms with Gasteiger partial charge in [-0.3, -0.25) is 4.79 Å². The number of rotatable bonds is 4. The van der Waals surface area contributed by atoms with Crippen LogP contribution in [0.2, 0.25) is 0 Å². The van der Waals surface area contributed by atoms with Crippen molar-refractivity contribution < 1.29 is 9.90 Å². The van der Waals surface area contributed by atoms with E-state index in [0.717, 1.165) is 21.8 Å². The monoisotopic (exact) mass is 375 g/mol. The number of benzene rings is 1. The Morgan fingerprint density at radius 2 is 1.89 bits per heavy atom. The van der Waals surface area contributed by atoms with Crippen molar-refractivity contribution in [2.75, 3.05) is 13.2 Å². The van der Waals surface area contributed by atoms with Crippen molar-refractivity contribution >= 4 is 37.8 Å². The molecule has 0 saturated heterocycles. The molecular weight excluding hydrogens is 362 g/mol. The fourth-order valence-corrected chi connectivity index (χ4v) is 3.39. The van der Waals surface area contributed by atoms with Crippen LogP contribution in [0.3, 0.4) is 0 Å². The molecule has 18 heavy (non-hydrogen) atoms. The molecule has 1 N–H and O–H groups in total. The number of aliphatic hydroxyl groups is 1. The van der Waals surface area contributed by atoms with Gasteiger partial charge in [-0.2, -0.15) is 0 Å². The van der Waals surface area contributed by atoms with Crippen LogP contribution in [0, 0.1) is 0 Å². The van der Waals surface area contributed by atoms with E-state index in [-0.39, 0.29) is 12.5 Å². The number of carbonyl (C=O) groups is 1. The summed E-state index contributed by atoms with van der Waals surface area (Å²) in [5.41, 5.74) is 0.650. The zero-order valence-electron chi connectivity index (χ0n) is 9.90. The van der Waals surface area contributed by atoms with Crippen LogP contribution in [0.5, 0.6) is 0 Å². The van der Waals surface area contributed by atoms with Gasteiger partial charge in [0.25, 0.3) is 5.91 Å². The van der Waals surface area contributed by atoms with E-state index in [1.165, 1.54) is 6.42 Å². The van der Waals surface area contributed by atoms with Crippen molar-refractivity contribution in [1.82, 2.24) is 4.90 Å². The van der Waals surface area contributed by atoms with E-state index in [2.05, 4.69) is 31.9 Å². The summed E-state index contributed by atoms with van der Waals surface area (Å²) < 4.78 is 1.75. The molecule has 0 aromatic heterocycles. The SMILES string of the molecule is O=C(c1cc(Br)cc(Br)c1)N(CCO)C1CCC1. The minimum atomic E-state index is -0.00394. The van der Waals surface area contributed by atoms with E-state index >= 15 is 0 Å². The first-order chi connectivity index (χ1) is 8.61. The van der Waals surface area contributed by atoms with Crippen LogP contribution in [-0.4, -0.2) is 35.1 Å². The Balaban J connectivity index is 2.21. The van der Waals surface area contributed by atoms with Gasteiger partial charge in [0.2, 0.25) is 0 Å². The molecule has 1 aliphatic rings. The molecule has 1 saturated carbocycles. The molecule has 98 valence electrons. The second kappa shape index (κ2) is 6.17. The number of aliphatic hydroxyl groups excluding tert-OH is 1. The van der Waals surface area contributed by atoms with Crippen LogP contribution < -0.4 is 0 Å². The summed E-state index contributed by atoms with van der Waals surface area (Å²) in [5, 5.41) is 9.10. The topological polar surface area (TPSA) is 40.5 Å². The first kappa shape index (κ1) is 14.0. The molecule has 0 unspecified atom stereocenters. The van der Waals surface area contributed by atoms with Crippen molar-refractivity contribution in [2.45, 2.75) is 25.3 Å². The number of hydrogen-bond acceptors (Lipinski definition) is 2. The average Bonchev–Trinajstić information content (AvgIpc) is 2.23. The normalized spacial score (nSPS) is 15.3. The van der Waals surface area contributed by atoms with Gasteiger partial charge in [-0.05, 0) is 37.5 Å². The molecule has 0 spiro atoms. The minimum absolute atomic E-state index is 0.00394. The van der Waals surface area contributed by atoms with Gasteiger partial charge in [-0.15, -0.1) is 0 Å². The first-order valence-electron chi connectivity index (χ1n) is 5.99. The second-order valence-electron chi connectivity index (χ2n) is 4.47. The highest BCUT2D eigenvalue weighted by Crippen LogP contribution is 2.27. The molecule has 0 radical (unpaired) electrons. The van der Waals surface area contributed by atoms with Gasteiger partial charge in [0, 0.05) is 27.1 Å². The van der Waals surface area contributed by atoms with E-state index < -0.39 is 0 Å². The number of carbonyl (C=O) groups excluding carboxylic acids is 1. The van der Waals surface area contributed by atoms with E-state index in [0.29, 0.717) is 18.2 Å². The number of nitrogens with zero attached hydrogens (tertiary/aromatic N) is 1. The summed E-state index contributed by atoms with van der Waals surface area (Å²) >= 11 is 6.77. The minimum Gasteiger partial charge on any atom is -0.395 e. The van der Waals surface area contributed by atoms with Gasteiger partial charge in [0.05, 0.1) is 6.61 Å². The van der Waals surface area contributed by atoms with Crippen molar-refractivity contribution in [2.24, 2.45) is 0 Å². The lowest BCUT2D eigenvalue weighted by atomic mass is 9.91. The number of halogens is 2. The summed E-state index contributed by atoms with van der Waals surface area (Å²) in [7, 11) is 0. The second-order valence-corrected chi connectivity index (χ2v) is 6.30. The summed E-state index contributed by atoms with van der Waals surface area (Å²) in [4.78, 5) is 14.2. The lowest BCUT2D eigenvalue weighted by molar-refractivity contribution is 0.0525. The Labute approximate surface area is 123 Å². The lowest BCUT2D eigenvalue weighted by Crippen LogP contribution is -2.45. The molecule has 1 fully saturated rings. The van der Waals surface area contributed by atoms with Crippen LogP contribution in [0.1, 0.15) is 29.6 Å². The maximum Gasteiger partial charge on any atom is 0.254 e. The van der Waals surface area contributed by atoms with Gasteiger partial charge in [-0.1, -0.05) is 31.9 Å². The van der Waals surface area contributed by atoms with Crippen LogP contribution >= 0.6 is 31.9 Å². The number of amides is 1. The first-order valence-corrected chi connectivity index (χ1v) is 7.58. The molecule has 0 aliphatic heterocycles. The average molecular weight is 377 g/mol. The van der Waals surface area contributed by atoms with E-state index in [1.54, 1.807) is 4.90 Å². The highest BCUT2D eigenvalue weighted by Gasteiger charge is 2.29. The quantitative estimate of drug-likeness (QED) is 0.876. The van der Waals surface area contributed by atoms with Gasteiger partial charge in [-0.25, -0.2) is 0 Å². The molecule has 3 nitrogen and oxygen atoms in total. The fourth-order valence-electron chi connectivity index (χ4n) is 2.10. The maximum atomic E-state index is 12.4. The molecular formula is C13H15Br2NO2. The van der Waals surface area contributed by atoms with Crippen molar-refractivity contribution in [3.05, 3.63) is 32.7 Å². The fraction of sp³-hybridized carbons (Fsp3) is 0.462. The third kappa shape index (κ3) is 3.13. The predicted molar refractivity (Wildman–Crippen MR) is 77.6 cm³/mol. The summed E-state index contributed by atoms with van der Waals surface area (Å²) in [6, 6.07) is 5.82. The van der Waals surface area contributed by atoms with E-state index in [1.807, 2.05) is 18.2 Å². The van der Waals surface area contributed by atoms with Gasteiger partial charge in [0.1, 0.15) is 0 Å². The van der Waals surface area contributed by atoms with Gasteiger partial charge >= 0.3 is 0 Å². The molecule has 1 aromatic carbocycles. The lowest BCUT2D eigenvalue weighted by Gasteiger charge is -2.37. The van der Waals surface area contributed by atoms with Crippen molar-refractivity contribution in [3.8, 4) is 0 Å². The molecule has 1 amide bonds. The smallest absolute Gasteiger partial charge is 0.254 e. The Kier molecular flexibility index (Phi) is 4.81. The molecule has 0 heterocycles. The predicted octanol–water partition coefficient (Wildman–Crippen LogP) is 3.20. The van der Waals surface area contributed by atoms with Crippen LogP contribution in [0.15, 0.2) is 27.1 Å². The molecule has 2 rings (SSSR count). The standard InChI is InChI=1S/C13H15Br2NO2/c14-10-6-9(7-11(15)8-10)13(18)16(4-5-17)12-2-1-3-12/h6-8,12,17H,1-5H2. The summed E-state index contributed by atoms with van der Waals surface area (Å²) in [6.07, 6.45) is 3.25. The zero-order valence-corrected chi connectivity index (χ0v) is 13.1. The summed E-state index contributed by atoms with van der Waals surface area (Å²) in [5.74, 6) is -0.00394. The summed E-state index contributed by atoms with van der Waals surface area (Å²) in [6.45, 7) is 0.422. The Hall–Kier alpha value is -0.390. The van der Waals surface area contributed by atoms with E-state index in [9.17, 15) is 4.79 Å². The molecule has 0 bridgehead atoms. The molecule has 5 heteroatoms. The highest BCUT2D eigenvalue weighted by atomic mass is 79.9.